The van der Waals surface area contributed by atoms with Crippen molar-refractivity contribution in [3.63, 3.8) is 0 Å². The van der Waals surface area contributed by atoms with Crippen LogP contribution in [0.25, 0.3) is 0 Å². The highest BCUT2D eigenvalue weighted by atomic mass is 32.1. The molecule has 7 heteroatoms. The van der Waals surface area contributed by atoms with E-state index in [1.165, 1.54) is 18.3 Å². The molecule has 120 valence electrons. The van der Waals surface area contributed by atoms with Gasteiger partial charge in [0.2, 0.25) is 5.91 Å². The number of hydrogen-bond donors (Lipinski definition) is 1. The van der Waals surface area contributed by atoms with Crippen molar-refractivity contribution in [2.75, 3.05) is 11.9 Å². The molecule has 2 heterocycles. The molecule has 0 fully saturated rings. The number of nitrogens with one attached hydrogen (secondary N) is 1. The molecule has 0 saturated heterocycles. The van der Waals surface area contributed by atoms with Crippen LogP contribution < -0.4 is 10.1 Å². The largest absolute Gasteiger partial charge is 0.491 e. The Balaban J connectivity index is 1.83. The van der Waals surface area contributed by atoms with Gasteiger partial charge in [0.15, 0.2) is 5.13 Å². The van der Waals surface area contributed by atoms with E-state index in [0.717, 1.165) is 11.3 Å². The van der Waals surface area contributed by atoms with Crippen molar-refractivity contribution in [1.29, 1.82) is 0 Å². The second kappa shape index (κ2) is 6.37. The van der Waals surface area contributed by atoms with Crippen LogP contribution in [-0.2, 0) is 11.3 Å². The van der Waals surface area contributed by atoms with Crippen molar-refractivity contribution in [1.82, 2.24) is 9.88 Å². The van der Waals surface area contributed by atoms with Crippen LogP contribution in [0.3, 0.4) is 0 Å². The molecule has 1 unspecified atom stereocenters. The van der Waals surface area contributed by atoms with Gasteiger partial charge in [-0.05, 0) is 13.0 Å². The molecule has 2 aromatic rings. The summed E-state index contributed by atoms with van der Waals surface area (Å²) in [6.45, 7) is 4.27. The van der Waals surface area contributed by atoms with Gasteiger partial charge in [-0.1, -0.05) is 18.2 Å². The van der Waals surface area contributed by atoms with Gasteiger partial charge in [0.05, 0.1) is 12.6 Å². The number of thiazole rings is 1. The van der Waals surface area contributed by atoms with Crippen LogP contribution in [0.15, 0.2) is 29.6 Å². The maximum Gasteiger partial charge on any atom is 0.274 e. The lowest BCUT2D eigenvalue weighted by atomic mass is 10.1. The molecule has 0 spiro atoms. The molecule has 0 radical (unpaired) electrons. The summed E-state index contributed by atoms with van der Waals surface area (Å²) in [4.78, 5) is 29.8. The second-order valence-electron chi connectivity index (χ2n) is 5.42. The Morgan fingerprint density at radius 3 is 2.96 bits per heavy atom. The van der Waals surface area contributed by atoms with E-state index in [2.05, 4.69) is 10.3 Å². The summed E-state index contributed by atoms with van der Waals surface area (Å²) in [5, 5.41) is 4.69. The first kappa shape index (κ1) is 15.5. The Hall–Kier alpha value is -2.41. The summed E-state index contributed by atoms with van der Waals surface area (Å²) in [5.74, 6) is 0.446. The minimum atomic E-state index is -0.205. The third kappa shape index (κ3) is 3.34. The van der Waals surface area contributed by atoms with Crippen LogP contribution in [0.1, 0.15) is 29.9 Å². The molecule has 1 N–H and O–H groups in total. The summed E-state index contributed by atoms with van der Waals surface area (Å²) in [7, 11) is 0. The Bertz CT molecular complexity index is 744. The molecule has 1 aromatic heterocycles. The van der Waals surface area contributed by atoms with Crippen LogP contribution in [0.4, 0.5) is 5.13 Å². The molecule has 0 saturated carbocycles. The fraction of sp³-hybridized carbons (Fsp3) is 0.312. The topological polar surface area (TPSA) is 71.5 Å². The summed E-state index contributed by atoms with van der Waals surface area (Å²) in [6.07, 6.45) is 0. The van der Waals surface area contributed by atoms with E-state index in [1.807, 2.05) is 31.2 Å². The average Bonchev–Trinajstić information content (AvgIpc) is 2.91. The van der Waals surface area contributed by atoms with Crippen molar-refractivity contribution in [2.45, 2.75) is 26.4 Å². The first-order valence-corrected chi connectivity index (χ1v) is 8.17. The monoisotopic (exact) mass is 331 g/mol. The van der Waals surface area contributed by atoms with E-state index < -0.39 is 0 Å². The van der Waals surface area contributed by atoms with E-state index in [0.29, 0.717) is 24.0 Å². The van der Waals surface area contributed by atoms with Crippen molar-refractivity contribution < 1.29 is 14.3 Å². The Morgan fingerprint density at radius 2 is 2.17 bits per heavy atom. The summed E-state index contributed by atoms with van der Waals surface area (Å²) in [6, 6.07) is 7.64. The number of carbonyl (C=O) groups is 2. The number of aromatic nitrogens is 1. The molecule has 3 rings (SSSR count). The Morgan fingerprint density at radius 1 is 1.39 bits per heavy atom. The second-order valence-corrected chi connectivity index (χ2v) is 6.28. The molecule has 1 aliphatic heterocycles. The third-order valence-electron chi connectivity index (χ3n) is 3.59. The Labute approximate surface area is 138 Å². The predicted octanol–water partition coefficient (Wildman–Crippen LogP) is 2.52. The maximum atomic E-state index is 12.8. The van der Waals surface area contributed by atoms with Crippen LogP contribution >= 0.6 is 11.3 Å². The molecule has 0 aliphatic carbocycles. The van der Waals surface area contributed by atoms with Crippen LogP contribution in [-0.4, -0.2) is 34.3 Å². The molecular weight excluding hydrogens is 314 g/mol. The van der Waals surface area contributed by atoms with E-state index in [-0.39, 0.29) is 17.9 Å². The highest BCUT2D eigenvalue weighted by Crippen LogP contribution is 2.26. The van der Waals surface area contributed by atoms with Gasteiger partial charge in [-0.2, -0.15) is 0 Å². The number of carbonyl (C=O) groups excluding carboxylic acids is 2. The zero-order valence-corrected chi connectivity index (χ0v) is 13.7. The summed E-state index contributed by atoms with van der Waals surface area (Å²) in [5.41, 5.74) is 1.31. The van der Waals surface area contributed by atoms with Crippen molar-refractivity contribution in [3.8, 4) is 5.75 Å². The minimum absolute atomic E-state index is 0.0687. The normalized spacial score (nSPS) is 17.0. The zero-order valence-electron chi connectivity index (χ0n) is 12.9. The van der Waals surface area contributed by atoms with Gasteiger partial charge in [-0.3, -0.25) is 9.59 Å². The molecule has 1 aliphatic rings. The quantitative estimate of drug-likeness (QED) is 0.918. The molecule has 6 nitrogen and oxygen atoms in total. The molecule has 2 amide bonds. The molecule has 0 bridgehead atoms. The van der Waals surface area contributed by atoms with Gasteiger partial charge in [-0.15, -0.1) is 11.3 Å². The predicted molar refractivity (Wildman–Crippen MR) is 87.7 cm³/mol. The van der Waals surface area contributed by atoms with Gasteiger partial charge in [0.25, 0.3) is 5.91 Å². The van der Waals surface area contributed by atoms with Gasteiger partial charge in [0, 0.05) is 17.9 Å². The third-order valence-corrected chi connectivity index (χ3v) is 4.35. The number of nitrogens with zero attached hydrogens (tertiary/aromatic N) is 2. The van der Waals surface area contributed by atoms with E-state index in [1.54, 1.807) is 10.3 Å². The number of ether oxygens (including phenoxy) is 1. The molecular formula is C16H17N3O3S. The smallest absolute Gasteiger partial charge is 0.274 e. The highest BCUT2D eigenvalue weighted by Gasteiger charge is 2.27. The standard InChI is InChI=1S/C16H17N3O3S/c1-10-8-22-14-6-4-3-5-12(14)7-19(10)15(21)13-9-23-16(18-13)17-11(2)20/h3-6,9-10H,7-8H2,1-2H3,(H,17,18,20). The zero-order chi connectivity index (χ0) is 16.4. The number of hydrogen-bond acceptors (Lipinski definition) is 5. The first-order chi connectivity index (χ1) is 11.0. The van der Waals surface area contributed by atoms with E-state index >= 15 is 0 Å². The van der Waals surface area contributed by atoms with Gasteiger partial charge < -0.3 is 15.0 Å². The van der Waals surface area contributed by atoms with Crippen LogP contribution in [0.5, 0.6) is 5.75 Å². The number of fused-ring (bicyclic) bond motifs is 1. The minimum Gasteiger partial charge on any atom is -0.491 e. The molecule has 1 atom stereocenters. The van der Waals surface area contributed by atoms with E-state index in [9.17, 15) is 9.59 Å². The fourth-order valence-electron chi connectivity index (χ4n) is 2.41. The van der Waals surface area contributed by atoms with Crippen molar-refractivity contribution in [2.24, 2.45) is 0 Å². The van der Waals surface area contributed by atoms with Gasteiger partial charge in [-0.25, -0.2) is 4.98 Å². The van der Waals surface area contributed by atoms with Crippen molar-refractivity contribution in [3.05, 3.63) is 40.9 Å². The lowest BCUT2D eigenvalue weighted by Crippen LogP contribution is -2.40. The van der Waals surface area contributed by atoms with Crippen LogP contribution in [0.2, 0.25) is 0 Å². The lowest BCUT2D eigenvalue weighted by Gasteiger charge is -2.25. The van der Waals surface area contributed by atoms with Gasteiger partial charge in [0.1, 0.15) is 18.1 Å². The first-order valence-electron chi connectivity index (χ1n) is 7.29. The fourth-order valence-corrected chi connectivity index (χ4v) is 3.14. The maximum absolute atomic E-state index is 12.8. The van der Waals surface area contributed by atoms with Gasteiger partial charge >= 0.3 is 0 Å². The highest BCUT2D eigenvalue weighted by molar-refractivity contribution is 7.14. The summed E-state index contributed by atoms with van der Waals surface area (Å²) >= 11 is 1.24. The average molecular weight is 331 g/mol. The Kier molecular flexibility index (Phi) is 4.29. The number of amides is 2. The lowest BCUT2D eigenvalue weighted by molar-refractivity contribution is -0.114. The molecule has 23 heavy (non-hydrogen) atoms. The number of anilines is 1. The number of para-hydroxylation sites is 1. The van der Waals surface area contributed by atoms with E-state index in [4.69, 9.17) is 4.74 Å². The SMILES string of the molecule is CC(=O)Nc1nc(C(=O)N2Cc3ccccc3OCC2C)cs1. The number of rotatable bonds is 2. The van der Waals surface area contributed by atoms with Crippen LogP contribution in [0, 0.1) is 0 Å². The molecule has 1 aromatic carbocycles. The number of benzene rings is 1. The van der Waals surface area contributed by atoms with Crippen molar-refractivity contribution >= 4 is 28.3 Å². The summed E-state index contributed by atoms with van der Waals surface area (Å²) < 4.78 is 5.77.